The van der Waals surface area contributed by atoms with Gasteiger partial charge in [-0.05, 0) is 36.1 Å². The van der Waals surface area contributed by atoms with E-state index in [4.69, 9.17) is 4.74 Å². The predicted octanol–water partition coefficient (Wildman–Crippen LogP) is 5.30. The van der Waals surface area contributed by atoms with Gasteiger partial charge in [-0.3, -0.25) is 14.7 Å². The van der Waals surface area contributed by atoms with Crippen LogP contribution in [0.5, 0.6) is 5.75 Å². The highest BCUT2D eigenvalue weighted by molar-refractivity contribution is 5.78. The second-order valence-corrected chi connectivity index (χ2v) is 10.0. The molecule has 1 aliphatic rings. The molecule has 2 aromatic carbocycles. The Kier molecular flexibility index (Phi) is 8.19. The van der Waals surface area contributed by atoms with Crippen molar-refractivity contribution in [3.63, 3.8) is 0 Å². The quantitative estimate of drug-likeness (QED) is 0.425. The molecule has 1 saturated heterocycles. The Labute approximate surface area is 209 Å². The van der Waals surface area contributed by atoms with Gasteiger partial charge in [0.05, 0.1) is 7.11 Å². The van der Waals surface area contributed by atoms with E-state index in [1.165, 1.54) is 16.7 Å². The molecule has 0 saturated carbocycles. The van der Waals surface area contributed by atoms with Crippen molar-refractivity contribution in [2.75, 3.05) is 26.7 Å². The number of aromatic nitrogens is 1. The van der Waals surface area contributed by atoms with Gasteiger partial charge in [0, 0.05) is 62.5 Å². The smallest absolute Gasteiger partial charge is 0.225 e. The third-order valence-electron chi connectivity index (χ3n) is 6.97. The average Bonchev–Trinajstić information content (AvgIpc) is 3.26. The third-order valence-corrected chi connectivity index (χ3v) is 6.97. The minimum Gasteiger partial charge on any atom is -0.496 e. The number of methoxy groups -OCH3 is 1. The Morgan fingerprint density at radius 1 is 1.09 bits per heavy atom. The zero-order valence-electron chi connectivity index (χ0n) is 21.4. The van der Waals surface area contributed by atoms with Gasteiger partial charge in [-0.1, -0.05) is 67.9 Å². The topological polar surface area (TPSA) is 45.7 Å². The Balaban J connectivity index is 1.59. The number of benzene rings is 2. The van der Waals surface area contributed by atoms with Gasteiger partial charge >= 0.3 is 0 Å². The number of carbonyl (C=O) groups excluding carboxylic acids is 1. The van der Waals surface area contributed by atoms with E-state index in [0.29, 0.717) is 18.4 Å². The lowest BCUT2D eigenvalue weighted by molar-refractivity contribution is -0.135. The van der Waals surface area contributed by atoms with Gasteiger partial charge in [0.15, 0.2) is 0 Å². The van der Waals surface area contributed by atoms with Crippen molar-refractivity contribution in [1.29, 1.82) is 0 Å². The molecule has 5 nitrogen and oxygen atoms in total. The molecule has 1 amide bonds. The number of carbonyl (C=O) groups is 1. The van der Waals surface area contributed by atoms with Crippen molar-refractivity contribution in [2.24, 2.45) is 11.8 Å². The molecule has 1 fully saturated rings. The van der Waals surface area contributed by atoms with Gasteiger partial charge in [-0.2, -0.15) is 0 Å². The van der Waals surface area contributed by atoms with Crippen molar-refractivity contribution in [1.82, 2.24) is 14.8 Å². The molecular formula is C30H37N3O2. The maximum Gasteiger partial charge on any atom is 0.225 e. The molecular weight excluding hydrogens is 434 g/mol. The molecule has 1 aliphatic heterocycles. The summed E-state index contributed by atoms with van der Waals surface area (Å²) in [4.78, 5) is 22.1. The Bertz CT molecular complexity index is 1100. The van der Waals surface area contributed by atoms with E-state index in [1.807, 2.05) is 49.2 Å². The summed E-state index contributed by atoms with van der Waals surface area (Å²) in [5, 5.41) is 0. The van der Waals surface area contributed by atoms with Crippen LogP contribution in [0.2, 0.25) is 0 Å². The molecule has 3 aromatic rings. The Hall–Kier alpha value is -3.18. The molecule has 35 heavy (non-hydrogen) atoms. The van der Waals surface area contributed by atoms with Gasteiger partial charge in [-0.25, -0.2) is 0 Å². The fourth-order valence-electron chi connectivity index (χ4n) is 5.13. The minimum absolute atomic E-state index is 0.0458. The van der Waals surface area contributed by atoms with Gasteiger partial charge < -0.3 is 9.64 Å². The fraction of sp³-hybridized carbons (Fsp3) is 0.400. The number of aryl methyl sites for hydroxylation is 1. The third kappa shape index (κ3) is 6.29. The first kappa shape index (κ1) is 24.9. The second kappa shape index (κ2) is 11.5. The van der Waals surface area contributed by atoms with Crippen LogP contribution in [0.3, 0.4) is 0 Å². The highest BCUT2D eigenvalue weighted by atomic mass is 16.5. The largest absolute Gasteiger partial charge is 0.496 e. The van der Waals surface area contributed by atoms with Gasteiger partial charge in [0.25, 0.3) is 0 Å². The molecule has 1 aromatic heterocycles. The van der Waals surface area contributed by atoms with Crippen LogP contribution in [0.15, 0.2) is 73.1 Å². The fourth-order valence-corrected chi connectivity index (χ4v) is 5.13. The zero-order valence-corrected chi connectivity index (χ0v) is 21.4. The van der Waals surface area contributed by atoms with E-state index >= 15 is 0 Å². The van der Waals surface area contributed by atoms with E-state index in [1.54, 1.807) is 13.3 Å². The Morgan fingerprint density at radius 2 is 1.86 bits per heavy atom. The maximum absolute atomic E-state index is 13.3. The molecule has 2 heterocycles. The van der Waals surface area contributed by atoms with E-state index < -0.39 is 0 Å². The molecule has 5 heteroatoms. The van der Waals surface area contributed by atoms with Crippen LogP contribution in [-0.2, 0) is 17.9 Å². The second-order valence-electron chi connectivity index (χ2n) is 10.0. The molecule has 2 unspecified atom stereocenters. The van der Waals surface area contributed by atoms with E-state index in [-0.39, 0.29) is 11.8 Å². The number of nitrogens with zero attached hydrogens (tertiary/aromatic N) is 3. The number of hydrogen-bond donors (Lipinski definition) is 0. The first-order valence-electron chi connectivity index (χ1n) is 12.5. The summed E-state index contributed by atoms with van der Waals surface area (Å²) in [5.74, 6) is 1.78. The monoisotopic (exact) mass is 471 g/mol. The number of pyridine rings is 1. The SMILES string of the molecule is COc1ccccc1CN1CC(CN(Cc2cccnc2)C(=O)C(C)C)C(c2ccc(C)cc2)C1. The summed E-state index contributed by atoms with van der Waals surface area (Å²) in [6.45, 7) is 10.1. The van der Waals surface area contributed by atoms with Crippen LogP contribution in [0.4, 0.5) is 0 Å². The number of amides is 1. The van der Waals surface area contributed by atoms with Gasteiger partial charge in [-0.15, -0.1) is 0 Å². The summed E-state index contributed by atoms with van der Waals surface area (Å²) in [7, 11) is 1.73. The maximum atomic E-state index is 13.3. The average molecular weight is 472 g/mol. The summed E-state index contributed by atoms with van der Waals surface area (Å²) < 4.78 is 5.61. The molecule has 4 rings (SSSR count). The first-order chi connectivity index (χ1) is 16.9. The van der Waals surface area contributed by atoms with E-state index in [9.17, 15) is 4.79 Å². The summed E-state index contributed by atoms with van der Waals surface area (Å²) in [6.07, 6.45) is 3.64. The standard InChI is InChI=1S/C30H37N3O2/c1-22(2)30(34)33(17-24-8-7-15-31-16-24)20-27-19-32(18-26-9-5-6-10-29(26)35-4)21-28(27)25-13-11-23(3)12-14-25/h5-16,22,27-28H,17-21H2,1-4H3. The van der Waals surface area contributed by atoms with Crippen molar-refractivity contribution >= 4 is 5.91 Å². The minimum atomic E-state index is -0.0458. The highest BCUT2D eigenvalue weighted by Crippen LogP contribution is 2.35. The zero-order chi connectivity index (χ0) is 24.8. The molecule has 0 bridgehead atoms. The van der Waals surface area contributed by atoms with E-state index in [2.05, 4.69) is 53.2 Å². The first-order valence-corrected chi connectivity index (χ1v) is 12.5. The number of hydrogen-bond acceptors (Lipinski definition) is 4. The predicted molar refractivity (Wildman–Crippen MR) is 140 cm³/mol. The van der Waals surface area contributed by atoms with Crippen molar-refractivity contribution in [3.8, 4) is 5.75 Å². The lowest BCUT2D eigenvalue weighted by atomic mass is 9.88. The van der Waals surface area contributed by atoms with Crippen LogP contribution in [0.25, 0.3) is 0 Å². The molecule has 0 N–H and O–H groups in total. The lowest BCUT2D eigenvalue weighted by Crippen LogP contribution is -2.39. The van der Waals surface area contributed by atoms with Gasteiger partial charge in [0.1, 0.15) is 5.75 Å². The molecule has 184 valence electrons. The van der Waals surface area contributed by atoms with Crippen LogP contribution < -0.4 is 4.74 Å². The number of rotatable bonds is 9. The summed E-state index contributed by atoms with van der Waals surface area (Å²) >= 11 is 0. The van der Waals surface area contributed by atoms with Crippen molar-refractivity contribution < 1.29 is 9.53 Å². The van der Waals surface area contributed by atoms with Crippen LogP contribution in [0, 0.1) is 18.8 Å². The number of likely N-dealkylation sites (tertiary alicyclic amines) is 1. The molecule has 0 radical (unpaired) electrons. The van der Waals surface area contributed by atoms with E-state index in [0.717, 1.165) is 37.5 Å². The normalized spacial score (nSPS) is 18.1. The van der Waals surface area contributed by atoms with Crippen molar-refractivity contribution in [2.45, 2.75) is 39.8 Å². The van der Waals surface area contributed by atoms with Crippen LogP contribution >= 0.6 is 0 Å². The molecule has 2 atom stereocenters. The number of ether oxygens (including phenoxy) is 1. The van der Waals surface area contributed by atoms with Gasteiger partial charge in [0.2, 0.25) is 5.91 Å². The molecule has 0 spiro atoms. The number of para-hydroxylation sites is 1. The highest BCUT2D eigenvalue weighted by Gasteiger charge is 2.36. The molecule has 0 aliphatic carbocycles. The van der Waals surface area contributed by atoms with Crippen LogP contribution in [0.1, 0.15) is 42.0 Å². The summed E-state index contributed by atoms with van der Waals surface area (Å²) in [6, 6.07) is 21.1. The van der Waals surface area contributed by atoms with Crippen molar-refractivity contribution in [3.05, 3.63) is 95.3 Å². The summed E-state index contributed by atoms with van der Waals surface area (Å²) in [5.41, 5.74) is 4.88. The lowest BCUT2D eigenvalue weighted by Gasteiger charge is -2.30. The Morgan fingerprint density at radius 3 is 2.54 bits per heavy atom. The van der Waals surface area contributed by atoms with Crippen LogP contribution in [-0.4, -0.2) is 47.4 Å².